The van der Waals surface area contributed by atoms with Crippen LogP contribution >= 0.6 is 11.8 Å². The molecule has 0 aliphatic carbocycles. The van der Waals surface area contributed by atoms with Crippen molar-refractivity contribution in [1.29, 1.82) is 0 Å². The molecule has 1 atom stereocenters. The number of aromatic nitrogens is 2. The van der Waals surface area contributed by atoms with Crippen molar-refractivity contribution in [2.75, 3.05) is 12.8 Å². The summed E-state index contributed by atoms with van der Waals surface area (Å²) in [6.07, 6.45) is 4.57. The van der Waals surface area contributed by atoms with Gasteiger partial charge in [0.05, 0.1) is 0 Å². The third-order valence-corrected chi connectivity index (χ3v) is 4.25. The molecule has 0 saturated heterocycles. The van der Waals surface area contributed by atoms with Crippen LogP contribution in [-0.2, 0) is 13.5 Å². The lowest BCUT2D eigenvalue weighted by molar-refractivity contribution is 0.583. The lowest BCUT2D eigenvalue weighted by Gasteiger charge is -2.15. The zero-order valence-corrected chi connectivity index (χ0v) is 12.0. The first-order chi connectivity index (χ1) is 9.20. The van der Waals surface area contributed by atoms with Crippen molar-refractivity contribution in [2.24, 2.45) is 7.05 Å². The number of nitrogens with zero attached hydrogens (tertiary/aromatic N) is 2. The Morgan fingerprint density at radius 2 is 2.21 bits per heavy atom. The van der Waals surface area contributed by atoms with Gasteiger partial charge in [0.25, 0.3) is 0 Å². The molecule has 5 heteroatoms. The van der Waals surface area contributed by atoms with Gasteiger partial charge in [-0.3, -0.25) is 0 Å². The number of hydrogen-bond acceptors (Lipinski definition) is 3. The van der Waals surface area contributed by atoms with E-state index >= 15 is 0 Å². The van der Waals surface area contributed by atoms with Crippen molar-refractivity contribution >= 4 is 11.8 Å². The van der Waals surface area contributed by atoms with Gasteiger partial charge in [-0.25, -0.2) is 9.37 Å². The van der Waals surface area contributed by atoms with Crippen molar-refractivity contribution in [3.63, 3.8) is 0 Å². The van der Waals surface area contributed by atoms with Gasteiger partial charge >= 0.3 is 0 Å². The number of likely N-dealkylation sites (N-methyl/N-ethyl adjacent to an activating group) is 1. The Morgan fingerprint density at radius 3 is 2.84 bits per heavy atom. The van der Waals surface area contributed by atoms with E-state index in [0.717, 1.165) is 18.0 Å². The van der Waals surface area contributed by atoms with E-state index in [2.05, 4.69) is 10.3 Å². The lowest BCUT2D eigenvalue weighted by atomic mass is 10.2. The number of aryl methyl sites for hydroxylation is 1. The monoisotopic (exact) mass is 279 g/mol. The first-order valence-corrected chi connectivity index (χ1v) is 7.20. The third kappa shape index (κ3) is 3.81. The molecule has 0 bridgehead atoms. The fourth-order valence-corrected chi connectivity index (χ4v) is 2.86. The summed E-state index contributed by atoms with van der Waals surface area (Å²) in [5.74, 6) is 1.69. The third-order valence-electron chi connectivity index (χ3n) is 3.03. The molecule has 0 spiro atoms. The molecule has 3 nitrogen and oxygen atoms in total. The fraction of sp³-hybridized carbons (Fsp3) is 0.357. The number of hydrogen-bond donors (Lipinski definition) is 1. The van der Waals surface area contributed by atoms with Crippen LogP contribution in [0.4, 0.5) is 4.39 Å². The van der Waals surface area contributed by atoms with E-state index in [-0.39, 0.29) is 11.9 Å². The van der Waals surface area contributed by atoms with E-state index in [0.29, 0.717) is 4.90 Å². The molecule has 0 radical (unpaired) electrons. The van der Waals surface area contributed by atoms with Crippen LogP contribution in [0.5, 0.6) is 0 Å². The van der Waals surface area contributed by atoms with Crippen molar-refractivity contribution < 1.29 is 4.39 Å². The largest absolute Gasteiger partial charge is 0.338 e. The number of imidazole rings is 1. The SMILES string of the molecule is CNC(CSc1ccccc1F)Cc1nccn1C. The van der Waals surface area contributed by atoms with Crippen LogP contribution in [0.2, 0.25) is 0 Å². The van der Waals surface area contributed by atoms with E-state index in [4.69, 9.17) is 0 Å². The summed E-state index contributed by atoms with van der Waals surface area (Å²) in [4.78, 5) is 5.01. The normalized spacial score (nSPS) is 12.6. The van der Waals surface area contributed by atoms with Crippen LogP contribution in [-0.4, -0.2) is 28.4 Å². The molecule has 0 saturated carbocycles. The van der Waals surface area contributed by atoms with E-state index in [9.17, 15) is 4.39 Å². The quantitative estimate of drug-likeness (QED) is 0.824. The molecule has 1 N–H and O–H groups in total. The van der Waals surface area contributed by atoms with Crippen LogP contribution in [0.15, 0.2) is 41.6 Å². The van der Waals surface area contributed by atoms with Crippen molar-refractivity contribution in [2.45, 2.75) is 17.4 Å². The molecule has 1 aromatic carbocycles. The summed E-state index contributed by atoms with van der Waals surface area (Å²) in [5.41, 5.74) is 0. The molecule has 1 unspecified atom stereocenters. The topological polar surface area (TPSA) is 29.9 Å². The number of benzene rings is 1. The first-order valence-electron chi connectivity index (χ1n) is 6.21. The fourth-order valence-electron chi connectivity index (χ4n) is 1.81. The standard InChI is InChI=1S/C14H18FN3S/c1-16-11(9-14-17-7-8-18(14)2)10-19-13-6-4-3-5-12(13)15/h3-8,11,16H,9-10H2,1-2H3. The molecule has 2 aromatic rings. The molecule has 1 heterocycles. The maximum Gasteiger partial charge on any atom is 0.136 e. The Bertz CT molecular complexity index is 527. The minimum absolute atomic E-state index is 0.153. The molecule has 0 aliphatic rings. The van der Waals surface area contributed by atoms with Crippen LogP contribution < -0.4 is 5.32 Å². The zero-order valence-electron chi connectivity index (χ0n) is 11.1. The first kappa shape index (κ1) is 14.1. The smallest absolute Gasteiger partial charge is 0.136 e. The van der Waals surface area contributed by atoms with E-state index in [1.165, 1.54) is 17.8 Å². The van der Waals surface area contributed by atoms with E-state index < -0.39 is 0 Å². The molecular formula is C14H18FN3S. The number of thioether (sulfide) groups is 1. The van der Waals surface area contributed by atoms with Gasteiger partial charge in [0, 0.05) is 42.6 Å². The molecule has 1 aromatic heterocycles. The van der Waals surface area contributed by atoms with Gasteiger partial charge in [-0.05, 0) is 19.2 Å². The summed E-state index contributed by atoms with van der Waals surface area (Å²) in [6.45, 7) is 0. The molecule has 19 heavy (non-hydrogen) atoms. The summed E-state index contributed by atoms with van der Waals surface area (Å²) in [6, 6.07) is 7.15. The summed E-state index contributed by atoms with van der Waals surface area (Å²) in [7, 11) is 3.91. The maximum absolute atomic E-state index is 13.5. The highest BCUT2D eigenvalue weighted by atomic mass is 32.2. The Labute approximate surface area is 117 Å². The predicted molar refractivity (Wildman–Crippen MR) is 76.9 cm³/mol. The average Bonchev–Trinajstić information content (AvgIpc) is 2.81. The van der Waals surface area contributed by atoms with Crippen LogP contribution in [0.3, 0.4) is 0 Å². The molecule has 0 aliphatic heterocycles. The van der Waals surface area contributed by atoms with Crippen LogP contribution in [0, 0.1) is 5.82 Å². The highest BCUT2D eigenvalue weighted by Gasteiger charge is 2.12. The van der Waals surface area contributed by atoms with Crippen molar-refractivity contribution in [1.82, 2.24) is 14.9 Å². The van der Waals surface area contributed by atoms with Crippen molar-refractivity contribution in [3.8, 4) is 0 Å². The van der Waals surface area contributed by atoms with E-state index in [1.54, 1.807) is 12.3 Å². The number of nitrogens with one attached hydrogen (secondary N) is 1. The minimum atomic E-state index is -0.153. The number of halogens is 1. The predicted octanol–water partition coefficient (Wildman–Crippen LogP) is 2.48. The highest BCUT2D eigenvalue weighted by molar-refractivity contribution is 7.99. The maximum atomic E-state index is 13.5. The van der Waals surface area contributed by atoms with E-state index in [1.807, 2.05) is 37.0 Å². The van der Waals surface area contributed by atoms with Gasteiger partial charge in [-0.2, -0.15) is 0 Å². The van der Waals surface area contributed by atoms with Gasteiger partial charge in [-0.15, -0.1) is 11.8 Å². The Balaban J connectivity index is 1.93. The molecule has 0 amide bonds. The van der Waals surface area contributed by atoms with Gasteiger partial charge in [0.15, 0.2) is 0 Å². The summed E-state index contributed by atoms with van der Waals surface area (Å²) >= 11 is 1.53. The van der Waals surface area contributed by atoms with Crippen LogP contribution in [0.25, 0.3) is 0 Å². The highest BCUT2D eigenvalue weighted by Crippen LogP contribution is 2.22. The Kier molecular flexibility index (Phi) is 4.99. The molecule has 0 fully saturated rings. The summed E-state index contributed by atoms with van der Waals surface area (Å²) in [5, 5.41) is 3.26. The average molecular weight is 279 g/mol. The molecule has 2 rings (SSSR count). The molecule has 102 valence electrons. The minimum Gasteiger partial charge on any atom is -0.338 e. The second kappa shape index (κ2) is 6.73. The Hall–Kier alpha value is -1.33. The second-order valence-electron chi connectivity index (χ2n) is 4.39. The van der Waals surface area contributed by atoms with Gasteiger partial charge < -0.3 is 9.88 Å². The van der Waals surface area contributed by atoms with Crippen LogP contribution in [0.1, 0.15) is 5.82 Å². The van der Waals surface area contributed by atoms with Gasteiger partial charge in [-0.1, -0.05) is 12.1 Å². The lowest BCUT2D eigenvalue weighted by Crippen LogP contribution is -2.31. The number of rotatable bonds is 6. The zero-order chi connectivity index (χ0) is 13.7. The van der Waals surface area contributed by atoms with Gasteiger partial charge in [0.2, 0.25) is 0 Å². The summed E-state index contributed by atoms with van der Waals surface area (Å²) < 4.78 is 15.5. The second-order valence-corrected chi connectivity index (χ2v) is 5.45. The molecular weight excluding hydrogens is 261 g/mol. The van der Waals surface area contributed by atoms with Crippen molar-refractivity contribution in [3.05, 3.63) is 48.3 Å². The van der Waals surface area contributed by atoms with Gasteiger partial charge in [0.1, 0.15) is 11.6 Å². The Morgan fingerprint density at radius 1 is 1.42 bits per heavy atom.